The molecule has 0 saturated carbocycles. The van der Waals surface area contributed by atoms with Crippen molar-refractivity contribution in [3.63, 3.8) is 0 Å². The molecule has 0 aliphatic rings. The van der Waals surface area contributed by atoms with Gasteiger partial charge in [0, 0.05) is 25.0 Å². The van der Waals surface area contributed by atoms with Gasteiger partial charge in [0.05, 0.1) is 23.3 Å². The van der Waals surface area contributed by atoms with Gasteiger partial charge in [-0.15, -0.1) is 0 Å². The van der Waals surface area contributed by atoms with E-state index in [1.165, 1.54) is 11.1 Å². The first-order chi connectivity index (χ1) is 13.7. The van der Waals surface area contributed by atoms with Gasteiger partial charge >= 0.3 is 0 Å². The molecule has 6 heteroatoms. The van der Waals surface area contributed by atoms with Crippen LogP contribution in [0, 0.1) is 13.8 Å². The van der Waals surface area contributed by atoms with Gasteiger partial charge in [0.25, 0.3) is 0 Å². The highest BCUT2D eigenvalue weighted by atomic mass is 32.2. The first-order valence-electron chi connectivity index (χ1n) is 9.25. The van der Waals surface area contributed by atoms with E-state index in [9.17, 15) is 0 Å². The quantitative estimate of drug-likeness (QED) is 0.402. The zero-order chi connectivity index (χ0) is 19.5. The minimum absolute atomic E-state index is 0.648. The van der Waals surface area contributed by atoms with Crippen LogP contribution in [0.5, 0.6) is 0 Å². The van der Waals surface area contributed by atoms with E-state index in [0.717, 1.165) is 34.0 Å². The maximum atomic E-state index is 5.74. The SMILES string of the molecule is COCCn1c(SCc2coc(-c3ccc(C)cc3C)n2)nc2ccccc21. The van der Waals surface area contributed by atoms with Crippen molar-refractivity contribution in [1.29, 1.82) is 0 Å². The molecule has 0 amide bonds. The molecule has 2 heterocycles. The van der Waals surface area contributed by atoms with Crippen LogP contribution in [-0.4, -0.2) is 28.3 Å². The van der Waals surface area contributed by atoms with Crippen LogP contribution >= 0.6 is 11.8 Å². The fourth-order valence-electron chi connectivity index (χ4n) is 3.25. The average Bonchev–Trinajstić information content (AvgIpc) is 3.29. The molecule has 0 spiro atoms. The van der Waals surface area contributed by atoms with E-state index in [4.69, 9.17) is 14.1 Å². The van der Waals surface area contributed by atoms with Gasteiger partial charge in [-0.3, -0.25) is 0 Å². The number of para-hydroxylation sites is 2. The molecule has 4 aromatic rings. The largest absolute Gasteiger partial charge is 0.444 e. The number of benzene rings is 2. The molecule has 0 aliphatic heterocycles. The normalized spacial score (nSPS) is 11.4. The predicted molar refractivity (Wildman–Crippen MR) is 113 cm³/mol. The van der Waals surface area contributed by atoms with Crippen LogP contribution in [0.25, 0.3) is 22.5 Å². The molecule has 4 rings (SSSR count). The maximum Gasteiger partial charge on any atom is 0.226 e. The van der Waals surface area contributed by atoms with Crippen LogP contribution in [0.4, 0.5) is 0 Å². The van der Waals surface area contributed by atoms with Gasteiger partial charge < -0.3 is 13.7 Å². The molecule has 0 saturated heterocycles. The Bertz CT molecular complexity index is 1100. The van der Waals surface area contributed by atoms with Crippen LogP contribution in [0.1, 0.15) is 16.8 Å². The summed E-state index contributed by atoms with van der Waals surface area (Å²) in [6, 6.07) is 14.5. The van der Waals surface area contributed by atoms with Crippen molar-refractivity contribution in [3.05, 3.63) is 65.5 Å². The summed E-state index contributed by atoms with van der Waals surface area (Å²) in [5.41, 5.74) is 6.47. The molecule has 0 bridgehead atoms. The summed E-state index contributed by atoms with van der Waals surface area (Å²) in [7, 11) is 1.72. The van der Waals surface area contributed by atoms with Crippen molar-refractivity contribution in [2.24, 2.45) is 0 Å². The number of imidazole rings is 1. The van der Waals surface area contributed by atoms with Gasteiger partial charge in [0.15, 0.2) is 5.16 Å². The second kappa shape index (κ2) is 8.20. The molecule has 0 N–H and O–H groups in total. The number of aryl methyl sites for hydroxylation is 2. The second-order valence-corrected chi connectivity index (χ2v) is 7.72. The molecule has 0 radical (unpaired) electrons. The smallest absolute Gasteiger partial charge is 0.226 e. The Labute approximate surface area is 168 Å². The number of hydrogen-bond donors (Lipinski definition) is 0. The van der Waals surface area contributed by atoms with E-state index in [1.54, 1.807) is 25.1 Å². The zero-order valence-corrected chi connectivity index (χ0v) is 17.1. The summed E-state index contributed by atoms with van der Waals surface area (Å²) in [5, 5.41) is 0.967. The van der Waals surface area contributed by atoms with Crippen molar-refractivity contribution in [2.75, 3.05) is 13.7 Å². The Kier molecular flexibility index (Phi) is 5.50. The Morgan fingerprint density at radius 1 is 1.11 bits per heavy atom. The molecule has 2 aromatic heterocycles. The zero-order valence-electron chi connectivity index (χ0n) is 16.3. The van der Waals surface area contributed by atoms with Gasteiger partial charge in [-0.1, -0.05) is 41.6 Å². The molecule has 5 nitrogen and oxygen atoms in total. The van der Waals surface area contributed by atoms with Crippen molar-refractivity contribution < 1.29 is 9.15 Å². The fourth-order valence-corrected chi connectivity index (χ4v) is 4.17. The third-order valence-electron chi connectivity index (χ3n) is 4.65. The van der Waals surface area contributed by atoms with Crippen molar-refractivity contribution in [3.8, 4) is 11.5 Å². The summed E-state index contributed by atoms with van der Waals surface area (Å²) in [5.74, 6) is 1.37. The first-order valence-corrected chi connectivity index (χ1v) is 10.2. The van der Waals surface area contributed by atoms with Crippen molar-refractivity contribution in [2.45, 2.75) is 31.3 Å². The van der Waals surface area contributed by atoms with Gasteiger partial charge in [-0.05, 0) is 37.6 Å². The van der Waals surface area contributed by atoms with E-state index in [0.29, 0.717) is 18.3 Å². The monoisotopic (exact) mass is 393 g/mol. The fraction of sp³-hybridized carbons (Fsp3) is 0.273. The van der Waals surface area contributed by atoms with E-state index >= 15 is 0 Å². The van der Waals surface area contributed by atoms with Gasteiger partial charge in [-0.2, -0.15) is 0 Å². The number of aromatic nitrogens is 3. The third kappa shape index (κ3) is 3.84. The van der Waals surface area contributed by atoms with Crippen LogP contribution in [-0.2, 0) is 17.0 Å². The Morgan fingerprint density at radius 2 is 1.96 bits per heavy atom. The minimum Gasteiger partial charge on any atom is -0.444 e. The number of nitrogens with zero attached hydrogens (tertiary/aromatic N) is 3. The van der Waals surface area contributed by atoms with E-state index in [2.05, 4.69) is 47.7 Å². The molecule has 2 aromatic carbocycles. The molecular weight excluding hydrogens is 370 g/mol. The van der Waals surface area contributed by atoms with Crippen LogP contribution in [0.15, 0.2) is 58.3 Å². The summed E-state index contributed by atoms with van der Waals surface area (Å²) in [6.07, 6.45) is 1.74. The molecule has 28 heavy (non-hydrogen) atoms. The van der Waals surface area contributed by atoms with E-state index < -0.39 is 0 Å². The molecule has 0 aliphatic carbocycles. The number of hydrogen-bond acceptors (Lipinski definition) is 5. The first kappa shape index (κ1) is 18.8. The number of ether oxygens (including phenoxy) is 1. The number of thioether (sulfide) groups is 1. The summed E-state index contributed by atoms with van der Waals surface area (Å²) in [6.45, 7) is 5.59. The molecular formula is C22H23N3O2S. The number of methoxy groups -OCH3 is 1. The highest BCUT2D eigenvalue weighted by Gasteiger charge is 2.14. The number of rotatable bonds is 7. The predicted octanol–water partition coefficient (Wildman–Crippen LogP) is 5.25. The molecule has 0 atom stereocenters. The molecule has 144 valence electrons. The van der Waals surface area contributed by atoms with Crippen LogP contribution < -0.4 is 0 Å². The minimum atomic E-state index is 0.648. The van der Waals surface area contributed by atoms with Gasteiger partial charge in [-0.25, -0.2) is 9.97 Å². The van der Waals surface area contributed by atoms with E-state index in [1.807, 2.05) is 18.2 Å². The Hall–Kier alpha value is -2.57. The standard InChI is InChI=1S/C22H23N3O2S/c1-15-8-9-18(16(2)12-15)21-23-17(13-27-21)14-28-22-24-19-6-4-5-7-20(19)25(22)10-11-26-3/h4-9,12-13H,10-11,14H2,1-3H3. The van der Waals surface area contributed by atoms with Crippen LogP contribution in [0.3, 0.4) is 0 Å². The topological polar surface area (TPSA) is 53.1 Å². The Morgan fingerprint density at radius 3 is 2.79 bits per heavy atom. The Balaban J connectivity index is 1.54. The lowest BCUT2D eigenvalue weighted by Crippen LogP contribution is -2.05. The number of oxazole rings is 1. The van der Waals surface area contributed by atoms with Crippen molar-refractivity contribution >= 4 is 22.8 Å². The maximum absolute atomic E-state index is 5.74. The van der Waals surface area contributed by atoms with Crippen molar-refractivity contribution in [1.82, 2.24) is 14.5 Å². The summed E-state index contributed by atoms with van der Waals surface area (Å²) >= 11 is 1.67. The average molecular weight is 394 g/mol. The van der Waals surface area contributed by atoms with Crippen LogP contribution in [0.2, 0.25) is 0 Å². The highest BCUT2D eigenvalue weighted by molar-refractivity contribution is 7.98. The highest BCUT2D eigenvalue weighted by Crippen LogP contribution is 2.29. The molecule has 0 unspecified atom stereocenters. The lowest BCUT2D eigenvalue weighted by Gasteiger charge is -2.07. The summed E-state index contributed by atoms with van der Waals surface area (Å²) < 4.78 is 13.2. The number of fused-ring (bicyclic) bond motifs is 1. The summed E-state index contributed by atoms with van der Waals surface area (Å²) in [4.78, 5) is 9.46. The van der Waals surface area contributed by atoms with Gasteiger partial charge in [0.2, 0.25) is 5.89 Å². The molecule has 0 fully saturated rings. The van der Waals surface area contributed by atoms with E-state index in [-0.39, 0.29) is 0 Å². The third-order valence-corrected chi connectivity index (χ3v) is 5.66. The second-order valence-electron chi connectivity index (χ2n) is 6.78. The van der Waals surface area contributed by atoms with Gasteiger partial charge in [0.1, 0.15) is 6.26 Å². The lowest BCUT2D eigenvalue weighted by atomic mass is 10.1. The lowest BCUT2D eigenvalue weighted by molar-refractivity contribution is 0.186.